The van der Waals surface area contributed by atoms with E-state index in [0.29, 0.717) is 0 Å². The van der Waals surface area contributed by atoms with Crippen LogP contribution in [0.4, 0.5) is 0 Å². The fraction of sp³-hybridized carbons (Fsp3) is 0.295. The average Bonchev–Trinajstić information content (AvgIpc) is 3.09. The molecule has 0 radical (unpaired) electrons. The summed E-state index contributed by atoms with van der Waals surface area (Å²) in [6.45, 7) is 11.1. The van der Waals surface area contributed by atoms with Crippen LogP contribution in [0.15, 0.2) is 133 Å². The number of hydrogen-bond acceptors (Lipinski definition) is 1. The van der Waals surface area contributed by atoms with Crippen LogP contribution in [-0.2, 0) is 5.41 Å². The molecule has 5 rings (SSSR count). The number of allylic oxidation sites excluding steroid dienone is 7. The van der Waals surface area contributed by atoms with Crippen LogP contribution in [0.3, 0.4) is 0 Å². The lowest BCUT2D eigenvalue weighted by molar-refractivity contribution is 0.426. The van der Waals surface area contributed by atoms with E-state index >= 15 is 0 Å². The maximum Gasteiger partial charge on any atom is 0.0733 e. The second-order valence-corrected chi connectivity index (χ2v) is 12.5. The van der Waals surface area contributed by atoms with Crippen LogP contribution < -0.4 is 0 Å². The van der Waals surface area contributed by atoms with Crippen LogP contribution in [0.2, 0.25) is 0 Å². The Bertz CT molecular complexity index is 1660. The van der Waals surface area contributed by atoms with Crippen molar-refractivity contribution < 1.29 is 0 Å². The van der Waals surface area contributed by atoms with E-state index in [-0.39, 0.29) is 11.3 Å². The number of rotatable bonds is 12. The van der Waals surface area contributed by atoms with Crippen molar-refractivity contribution in [3.8, 4) is 0 Å². The number of hydrogen-bond donors (Lipinski definition) is 0. The van der Waals surface area contributed by atoms with Crippen molar-refractivity contribution in [2.45, 2.75) is 84.5 Å². The van der Waals surface area contributed by atoms with E-state index in [1.165, 1.54) is 50.1 Å². The molecule has 1 nitrogen and oxygen atoms in total. The molecule has 0 aliphatic heterocycles. The van der Waals surface area contributed by atoms with Gasteiger partial charge in [0.1, 0.15) is 0 Å². The van der Waals surface area contributed by atoms with Gasteiger partial charge in [-0.1, -0.05) is 142 Å². The second kappa shape index (κ2) is 15.2. The molecule has 0 fully saturated rings. The van der Waals surface area contributed by atoms with Gasteiger partial charge in [0.05, 0.1) is 5.69 Å². The molecule has 4 aromatic rings. The van der Waals surface area contributed by atoms with Crippen molar-refractivity contribution >= 4 is 11.1 Å². The third-order valence-electron chi connectivity index (χ3n) is 9.51. The molecule has 1 heteroatoms. The van der Waals surface area contributed by atoms with Crippen molar-refractivity contribution in [2.24, 2.45) is 0 Å². The fourth-order valence-electron chi connectivity index (χ4n) is 7.21. The number of aromatic nitrogens is 1. The van der Waals surface area contributed by atoms with Gasteiger partial charge in [-0.05, 0) is 97.0 Å². The molecule has 1 aromatic heterocycles. The Morgan fingerprint density at radius 1 is 0.800 bits per heavy atom. The van der Waals surface area contributed by atoms with Crippen LogP contribution in [-0.4, -0.2) is 4.98 Å². The fourth-order valence-corrected chi connectivity index (χ4v) is 7.21. The van der Waals surface area contributed by atoms with E-state index in [1.54, 1.807) is 0 Å². The first-order chi connectivity index (χ1) is 22.0. The summed E-state index contributed by atoms with van der Waals surface area (Å²) in [4.78, 5) is 4.71. The lowest BCUT2D eigenvalue weighted by atomic mass is 9.68. The maximum atomic E-state index is 4.71. The molecule has 1 aliphatic carbocycles. The van der Waals surface area contributed by atoms with Crippen molar-refractivity contribution in [3.05, 3.63) is 172 Å². The molecule has 230 valence electrons. The summed E-state index contributed by atoms with van der Waals surface area (Å²) in [7, 11) is 0. The summed E-state index contributed by atoms with van der Waals surface area (Å²) >= 11 is 0. The minimum absolute atomic E-state index is 0.0210. The number of benzene rings is 3. The molecule has 3 aromatic carbocycles. The number of aryl methyl sites for hydroxylation is 1. The number of nitrogens with zero attached hydrogens (tertiary/aromatic N) is 1. The Labute approximate surface area is 272 Å². The van der Waals surface area contributed by atoms with Gasteiger partial charge in [-0.15, -0.1) is 0 Å². The lowest BCUT2D eigenvalue weighted by Gasteiger charge is -2.36. The topological polar surface area (TPSA) is 12.9 Å². The zero-order chi connectivity index (χ0) is 31.6. The second-order valence-electron chi connectivity index (χ2n) is 12.5. The Kier molecular flexibility index (Phi) is 10.8. The first kappa shape index (κ1) is 32.2. The third kappa shape index (κ3) is 7.20. The minimum Gasteiger partial charge on any atom is -0.256 e. The van der Waals surface area contributed by atoms with E-state index in [2.05, 4.69) is 150 Å². The average molecular weight is 592 g/mol. The molecule has 0 N–H and O–H groups in total. The Hall–Kier alpha value is -4.23. The number of pyridine rings is 1. The van der Waals surface area contributed by atoms with E-state index in [9.17, 15) is 0 Å². The summed E-state index contributed by atoms with van der Waals surface area (Å²) in [6, 6.07) is 33.9. The Balaban J connectivity index is 1.52. The van der Waals surface area contributed by atoms with Crippen LogP contribution in [0, 0.1) is 6.92 Å². The van der Waals surface area contributed by atoms with Crippen molar-refractivity contribution in [1.29, 1.82) is 0 Å². The summed E-state index contributed by atoms with van der Waals surface area (Å²) in [5, 5.41) is 0. The quantitative estimate of drug-likeness (QED) is 0.160. The predicted molar refractivity (Wildman–Crippen MR) is 194 cm³/mol. The van der Waals surface area contributed by atoms with Gasteiger partial charge in [-0.25, -0.2) is 0 Å². The van der Waals surface area contributed by atoms with E-state index < -0.39 is 0 Å². The largest absolute Gasteiger partial charge is 0.256 e. The van der Waals surface area contributed by atoms with Gasteiger partial charge in [0, 0.05) is 23.1 Å². The minimum atomic E-state index is -0.0210. The van der Waals surface area contributed by atoms with Crippen molar-refractivity contribution in [2.75, 3.05) is 0 Å². The molecule has 0 saturated heterocycles. The molecule has 1 atom stereocenters. The summed E-state index contributed by atoms with van der Waals surface area (Å²) < 4.78 is 0. The first-order valence-electron chi connectivity index (χ1n) is 16.9. The van der Waals surface area contributed by atoms with Gasteiger partial charge in [0.25, 0.3) is 0 Å². The molecular weight excluding hydrogens is 542 g/mol. The molecule has 1 unspecified atom stereocenters. The molecule has 0 saturated carbocycles. The highest BCUT2D eigenvalue weighted by atomic mass is 14.7. The van der Waals surface area contributed by atoms with Crippen LogP contribution in [0.1, 0.15) is 111 Å². The molecular formula is C44H49N. The standard InChI is InChI=1S/C44H49N/c1-6-29-44(30-7-2,39-25-21-37(22-26-39)41(8-3)43-33(4)16-15-31-45-43)40-27-23-38(24-28-40)42(36-19-13-10-14-20-36)32-34(5)35-17-11-9-12-18-35/h8-9,11-13,15-28,31-32,42H,6-7,10,14,29-30H2,1-5H3/b34-32+,41-8-. The zero-order valence-corrected chi connectivity index (χ0v) is 27.9. The molecule has 1 aliphatic rings. The van der Waals surface area contributed by atoms with Crippen LogP contribution in [0.5, 0.6) is 0 Å². The van der Waals surface area contributed by atoms with E-state index in [4.69, 9.17) is 4.98 Å². The molecule has 0 amide bonds. The van der Waals surface area contributed by atoms with Gasteiger partial charge in [-0.3, -0.25) is 4.98 Å². The van der Waals surface area contributed by atoms with E-state index in [1.807, 2.05) is 12.3 Å². The normalized spacial score (nSPS) is 14.7. The highest BCUT2D eigenvalue weighted by Gasteiger charge is 2.33. The van der Waals surface area contributed by atoms with Gasteiger partial charge in [0.2, 0.25) is 0 Å². The lowest BCUT2D eigenvalue weighted by Crippen LogP contribution is -2.27. The molecule has 0 spiro atoms. The zero-order valence-electron chi connectivity index (χ0n) is 27.9. The van der Waals surface area contributed by atoms with E-state index in [0.717, 1.165) is 44.2 Å². The maximum absolute atomic E-state index is 4.71. The van der Waals surface area contributed by atoms with Crippen LogP contribution in [0.25, 0.3) is 11.1 Å². The highest BCUT2D eigenvalue weighted by Crippen LogP contribution is 2.43. The van der Waals surface area contributed by atoms with Gasteiger partial charge >= 0.3 is 0 Å². The van der Waals surface area contributed by atoms with Crippen LogP contribution >= 0.6 is 0 Å². The SMILES string of the molecule is C/C=C(/c1ccc(C(CCC)(CCC)c2ccc(C(/C=C(\C)c3ccccc3)C3=CCCC=C3)cc2)cc1)c1ncccc1C. The van der Waals surface area contributed by atoms with Gasteiger partial charge in [0.15, 0.2) is 0 Å². The Morgan fingerprint density at radius 2 is 1.47 bits per heavy atom. The molecule has 45 heavy (non-hydrogen) atoms. The summed E-state index contributed by atoms with van der Waals surface area (Å²) in [5.41, 5.74) is 12.8. The molecule has 0 bridgehead atoms. The monoisotopic (exact) mass is 591 g/mol. The highest BCUT2D eigenvalue weighted by molar-refractivity contribution is 5.79. The smallest absolute Gasteiger partial charge is 0.0733 e. The van der Waals surface area contributed by atoms with Crippen molar-refractivity contribution in [1.82, 2.24) is 4.98 Å². The summed E-state index contributed by atoms with van der Waals surface area (Å²) in [6.07, 6.45) is 20.4. The van der Waals surface area contributed by atoms with Gasteiger partial charge in [-0.2, -0.15) is 0 Å². The first-order valence-corrected chi connectivity index (χ1v) is 16.9. The molecule has 1 heterocycles. The van der Waals surface area contributed by atoms with Gasteiger partial charge < -0.3 is 0 Å². The van der Waals surface area contributed by atoms with Crippen molar-refractivity contribution in [3.63, 3.8) is 0 Å². The summed E-state index contributed by atoms with van der Waals surface area (Å²) in [5.74, 6) is 0.233. The Morgan fingerprint density at radius 3 is 2.04 bits per heavy atom. The predicted octanol–water partition coefficient (Wildman–Crippen LogP) is 12.2. The third-order valence-corrected chi connectivity index (χ3v) is 9.51.